The highest BCUT2D eigenvalue weighted by Gasteiger charge is 2.23. The number of urea groups is 1. The molecule has 1 heterocycles. The SMILES string of the molecule is CCC[C@H](NC(=O)NCc1ccc(F)cc1)C(=O)N[C@@H](C)CN1CCC[C@@H](C)C1. The molecule has 3 atom stereocenters. The lowest BCUT2D eigenvalue weighted by Gasteiger charge is -2.33. The Labute approximate surface area is 173 Å². The van der Waals surface area contributed by atoms with Crippen molar-refractivity contribution in [1.29, 1.82) is 0 Å². The van der Waals surface area contributed by atoms with Crippen LogP contribution in [0.4, 0.5) is 9.18 Å². The van der Waals surface area contributed by atoms with Gasteiger partial charge in [0.1, 0.15) is 11.9 Å². The normalized spacial score (nSPS) is 19.2. The number of nitrogens with one attached hydrogen (secondary N) is 3. The number of likely N-dealkylation sites (tertiary alicyclic amines) is 1. The van der Waals surface area contributed by atoms with E-state index in [1.165, 1.54) is 25.0 Å². The van der Waals surface area contributed by atoms with Crippen molar-refractivity contribution in [3.8, 4) is 0 Å². The van der Waals surface area contributed by atoms with Crippen LogP contribution in [0.2, 0.25) is 0 Å². The first kappa shape index (κ1) is 23.1. The van der Waals surface area contributed by atoms with Crippen LogP contribution in [0.5, 0.6) is 0 Å². The van der Waals surface area contributed by atoms with E-state index in [1.54, 1.807) is 12.1 Å². The van der Waals surface area contributed by atoms with Crippen LogP contribution in [0.25, 0.3) is 0 Å². The third-order valence-corrected chi connectivity index (χ3v) is 5.23. The maximum absolute atomic E-state index is 13.0. The van der Waals surface area contributed by atoms with Crippen LogP contribution in [0.3, 0.4) is 0 Å². The van der Waals surface area contributed by atoms with E-state index in [0.717, 1.165) is 31.6 Å². The molecule has 1 aromatic rings. The average Bonchev–Trinajstić information content (AvgIpc) is 2.67. The predicted molar refractivity (Wildman–Crippen MR) is 113 cm³/mol. The highest BCUT2D eigenvalue weighted by Crippen LogP contribution is 2.15. The van der Waals surface area contributed by atoms with Gasteiger partial charge in [-0.25, -0.2) is 9.18 Å². The molecule has 2 rings (SSSR count). The predicted octanol–water partition coefficient (Wildman–Crippen LogP) is 3.03. The van der Waals surface area contributed by atoms with Gasteiger partial charge in [-0.1, -0.05) is 32.4 Å². The number of amides is 3. The Balaban J connectivity index is 1.79. The summed E-state index contributed by atoms with van der Waals surface area (Å²) in [4.78, 5) is 27.3. The molecule has 0 radical (unpaired) electrons. The van der Waals surface area contributed by atoms with Crippen molar-refractivity contribution < 1.29 is 14.0 Å². The molecule has 6 nitrogen and oxygen atoms in total. The number of carbonyl (C=O) groups excluding carboxylic acids is 2. The third kappa shape index (κ3) is 8.40. The first-order chi connectivity index (χ1) is 13.9. The lowest BCUT2D eigenvalue weighted by atomic mass is 10.00. The molecule has 0 aromatic heterocycles. The van der Waals surface area contributed by atoms with Gasteiger partial charge in [-0.15, -0.1) is 0 Å². The van der Waals surface area contributed by atoms with Crippen LogP contribution < -0.4 is 16.0 Å². The summed E-state index contributed by atoms with van der Waals surface area (Å²) in [5, 5.41) is 8.54. The quantitative estimate of drug-likeness (QED) is 0.590. The molecule has 0 saturated carbocycles. The summed E-state index contributed by atoms with van der Waals surface area (Å²) in [6, 6.07) is 5.00. The Bertz CT molecular complexity index is 653. The summed E-state index contributed by atoms with van der Waals surface area (Å²) in [6.45, 7) is 9.50. The maximum atomic E-state index is 13.0. The standard InChI is InChI=1S/C22H35FN4O2/c1-4-6-20(26-22(29)24-13-18-8-10-19(23)11-9-18)21(28)25-17(3)15-27-12-5-7-16(2)14-27/h8-11,16-17,20H,4-7,12-15H2,1-3H3,(H,25,28)(H2,24,26,29)/t16-,17+,20+/m1/s1. The monoisotopic (exact) mass is 406 g/mol. The van der Waals surface area contributed by atoms with Gasteiger partial charge >= 0.3 is 6.03 Å². The zero-order valence-corrected chi connectivity index (χ0v) is 17.8. The van der Waals surface area contributed by atoms with Gasteiger partial charge in [-0.05, 0) is 56.3 Å². The summed E-state index contributed by atoms with van der Waals surface area (Å²) in [7, 11) is 0. The summed E-state index contributed by atoms with van der Waals surface area (Å²) >= 11 is 0. The third-order valence-electron chi connectivity index (χ3n) is 5.23. The molecule has 1 aliphatic heterocycles. The second kappa shape index (κ2) is 11.8. The molecule has 1 aromatic carbocycles. The summed E-state index contributed by atoms with van der Waals surface area (Å²) < 4.78 is 13.0. The number of halogens is 1. The smallest absolute Gasteiger partial charge is 0.315 e. The van der Waals surface area contributed by atoms with E-state index in [0.29, 0.717) is 12.3 Å². The number of nitrogens with zero attached hydrogens (tertiary/aromatic N) is 1. The Morgan fingerprint density at radius 1 is 1.24 bits per heavy atom. The highest BCUT2D eigenvalue weighted by molar-refractivity contribution is 5.87. The number of piperidine rings is 1. The first-order valence-electron chi connectivity index (χ1n) is 10.7. The van der Waals surface area contributed by atoms with E-state index in [1.807, 2.05) is 13.8 Å². The second-order valence-corrected chi connectivity index (χ2v) is 8.21. The maximum Gasteiger partial charge on any atom is 0.315 e. The van der Waals surface area contributed by atoms with E-state index in [9.17, 15) is 14.0 Å². The van der Waals surface area contributed by atoms with Crippen molar-refractivity contribution in [3.63, 3.8) is 0 Å². The second-order valence-electron chi connectivity index (χ2n) is 8.21. The van der Waals surface area contributed by atoms with Gasteiger partial charge in [-0.2, -0.15) is 0 Å². The van der Waals surface area contributed by atoms with E-state index < -0.39 is 12.1 Å². The van der Waals surface area contributed by atoms with E-state index in [2.05, 4.69) is 27.8 Å². The van der Waals surface area contributed by atoms with Crippen LogP contribution in [-0.2, 0) is 11.3 Å². The van der Waals surface area contributed by atoms with Gasteiger partial charge in [0, 0.05) is 25.7 Å². The zero-order chi connectivity index (χ0) is 21.2. The fraction of sp³-hybridized carbons (Fsp3) is 0.636. The van der Waals surface area contributed by atoms with Crippen molar-refractivity contribution in [1.82, 2.24) is 20.9 Å². The largest absolute Gasteiger partial charge is 0.351 e. The molecule has 162 valence electrons. The Morgan fingerprint density at radius 2 is 1.97 bits per heavy atom. The lowest BCUT2D eigenvalue weighted by Crippen LogP contribution is -2.53. The molecule has 0 unspecified atom stereocenters. The van der Waals surface area contributed by atoms with Crippen LogP contribution in [0.15, 0.2) is 24.3 Å². The zero-order valence-electron chi connectivity index (χ0n) is 17.8. The van der Waals surface area contributed by atoms with E-state index >= 15 is 0 Å². The molecule has 29 heavy (non-hydrogen) atoms. The molecular formula is C22H35FN4O2. The fourth-order valence-electron chi connectivity index (χ4n) is 3.78. The molecule has 3 amide bonds. The molecular weight excluding hydrogens is 371 g/mol. The van der Waals surface area contributed by atoms with Crippen LogP contribution in [0, 0.1) is 11.7 Å². The fourth-order valence-corrected chi connectivity index (χ4v) is 3.78. The minimum absolute atomic E-state index is 0.0243. The van der Waals surface area contributed by atoms with Crippen molar-refractivity contribution in [2.75, 3.05) is 19.6 Å². The van der Waals surface area contributed by atoms with Gasteiger partial charge in [0.05, 0.1) is 0 Å². The molecule has 3 N–H and O–H groups in total. The van der Waals surface area contributed by atoms with Crippen molar-refractivity contribution in [2.24, 2.45) is 5.92 Å². The van der Waals surface area contributed by atoms with E-state index in [4.69, 9.17) is 0 Å². The van der Waals surface area contributed by atoms with Gasteiger partial charge in [-0.3, -0.25) is 4.79 Å². The van der Waals surface area contributed by atoms with Crippen molar-refractivity contribution >= 4 is 11.9 Å². The number of hydrogen-bond donors (Lipinski definition) is 3. The van der Waals surface area contributed by atoms with Gasteiger partial charge in [0.15, 0.2) is 0 Å². The van der Waals surface area contributed by atoms with Crippen molar-refractivity contribution in [3.05, 3.63) is 35.6 Å². The van der Waals surface area contributed by atoms with Gasteiger partial charge < -0.3 is 20.9 Å². The molecule has 7 heteroatoms. The summed E-state index contributed by atoms with van der Waals surface area (Å²) in [5.74, 6) is 0.235. The van der Waals surface area contributed by atoms with Crippen LogP contribution in [-0.4, -0.2) is 48.6 Å². The molecule has 0 bridgehead atoms. The van der Waals surface area contributed by atoms with Gasteiger partial charge in [0.25, 0.3) is 0 Å². The number of carbonyl (C=O) groups is 2. The topological polar surface area (TPSA) is 73.5 Å². The van der Waals surface area contributed by atoms with Gasteiger partial charge in [0.2, 0.25) is 5.91 Å². The molecule has 0 aliphatic carbocycles. The Morgan fingerprint density at radius 3 is 2.62 bits per heavy atom. The van der Waals surface area contributed by atoms with Crippen LogP contribution in [0.1, 0.15) is 52.0 Å². The molecule has 1 saturated heterocycles. The number of rotatable bonds is 9. The first-order valence-corrected chi connectivity index (χ1v) is 10.7. The summed E-state index contributed by atoms with van der Waals surface area (Å²) in [6.07, 6.45) is 3.83. The van der Waals surface area contributed by atoms with E-state index in [-0.39, 0.29) is 24.3 Å². The molecule has 1 fully saturated rings. The molecule has 1 aliphatic rings. The molecule has 0 spiro atoms. The van der Waals surface area contributed by atoms with Crippen LogP contribution >= 0.6 is 0 Å². The lowest BCUT2D eigenvalue weighted by molar-refractivity contribution is -0.123. The summed E-state index contributed by atoms with van der Waals surface area (Å²) in [5.41, 5.74) is 0.794. The number of hydrogen-bond acceptors (Lipinski definition) is 3. The highest BCUT2D eigenvalue weighted by atomic mass is 19.1. The van der Waals surface area contributed by atoms with Crippen molar-refractivity contribution in [2.45, 2.75) is 65.1 Å². The minimum atomic E-state index is -0.573. The Hall–Kier alpha value is -2.15. The number of benzene rings is 1. The Kier molecular flexibility index (Phi) is 9.38. The average molecular weight is 407 g/mol. The minimum Gasteiger partial charge on any atom is -0.351 e.